The molecule has 1 N–H and O–H groups in total. The molecule has 1 aliphatic heterocycles. The fourth-order valence-electron chi connectivity index (χ4n) is 3.13. The number of carbonyl (C=O) groups excluding carboxylic acids is 1. The van der Waals surface area contributed by atoms with E-state index in [1.165, 1.54) is 0 Å². The molecule has 1 unspecified atom stereocenters. The van der Waals surface area contributed by atoms with Gasteiger partial charge in [0.05, 0.1) is 32.4 Å². The summed E-state index contributed by atoms with van der Waals surface area (Å²) in [5, 5.41) is 3.14. The van der Waals surface area contributed by atoms with Crippen molar-refractivity contribution in [2.45, 2.75) is 19.4 Å². The van der Waals surface area contributed by atoms with Gasteiger partial charge in [0.1, 0.15) is 11.9 Å². The lowest BCUT2D eigenvalue weighted by atomic mass is 10.1. The summed E-state index contributed by atoms with van der Waals surface area (Å²) in [6, 6.07) is 11.6. The average molecular weight is 355 g/mol. The first-order valence-electron chi connectivity index (χ1n) is 8.77. The molecule has 0 radical (unpaired) electrons. The first-order chi connectivity index (χ1) is 12.6. The number of hydrogen-bond acceptors (Lipinski definition) is 5. The minimum Gasteiger partial charge on any atom is -0.497 e. The fraction of sp³-hybridized carbons (Fsp3) is 0.400. The van der Waals surface area contributed by atoms with E-state index in [2.05, 4.69) is 10.3 Å². The number of rotatable bonds is 5. The van der Waals surface area contributed by atoms with Crippen molar-refractivity contribution in [2.75, 3.05) is 39.2 Å². The van der Waals surface area contributed by atoms with Crippen molar-refractivity contribution in [3.05, 3.63) is 53.3 Å². The van der Waals surface area contributed by atoms with E-state index in [-0.39, 0.29) is 12.0 Å². The molecule has 1 aliphatic rings. The summed E-state index contributed by atoms with van der Waals surface area (Å²) in [6.07, 6.45) is 0.150. The number of anilines is 1. The van der Waals surface area contributed by atoms with Gasteiger partial charge in [-0.2, -0.15) is 0 Å². The highest BCUT2D eigenvalue weighted by Gasteiger charge is 2.26. The molecule has 1 atom stereocenters. The van der Waals surface area contributed by atoms with Crippen LogP contribution in [-0.4, -0.2) is 49.6 Å². The fourth-order valence-corrected chi connectivity index (χ4v) is 3.13. The van der Waals surface area contributed by atoms with Crippen molar-refractivity contribution < 1.29 is 14.3 Å². The van der Waals surface area contributed by atoms with Gasteiger partial charge in [-0.15, -0.1) is 0 Å². The predicted molar refractivity (Wildman–Crippen MR) is 100 cm³/mol. The van der Waals surface area contributed by atoms with Crippen LogP contribution in [0.1, 0.15) is 23.1 Å². The molecule has 0 bridgehead atoms. The number of aryl methyl sites for hydroxylation is 1. The third-order valence-electron chi connectivity index (χ3n) is 4.50. The van der Waals surface area contributed by atoms with Crippen LogP contribution in [0.15, 0.2) is 36.4 Å². The lowest BCUT2D eigenvalue weighted by Gasteiger charge is -2.33. The van der Waals surface area contributed by atoms with E-state index in [0.29, 0.717) is 26.1 Å². The number of nitrogens with one attached hydrogen (secondary N) is 1. The molecule has 0 spiro atoms. The zero-order valence-electron chi connectivity index (χ0n) is 15.5. The minimum absolute atomic E-state index is 0.0908. The quantitative estimate of drug-likeness (QED) is 0.893. The second-order valence-corrected chi connectivity index (χ2v) is 6.40. The summed E-state index contributed by atoms with van der Waals surface area (Å²) >= 11 is 0. The van der Waals surface area contributed by atoms with Gasteiger partial charge < -0.3 is 19.7 Å². The monoisotopic (exact) mass is 355 g/mol. The molecule has 1 amide bonds. The van der Waals surface area contributed by atoms with Crippen molar-refractivity contribution in [2.24, 2.45) is 0 Å². The van der Waals surface area contributed by atoms with Crippen molar-refractivity contribution in [3.63, 3.8) is 0 Å². The van der Waals surface area contributed by atoms with Crippen LogP contribution in [0.25, 0.3) is 0 Å². The first-order valence-corrected chi connectivity index (χ1v) is 8.77. The van der Waals surface area contributed by atoms with Crippen LogP contribution in [0, 0.1) is 6.92 Å². The number of aromatic nitrogens is 1. The number of benzene rings is 1. The molecule has 26 heavy (non-hydrogen) atoms. The Balaban J connectivity index is 1.69. The van der Waals surface area contributed by atoms with Crippen LogP contribution in [0.5, 0.6) is 5.75 Å². The Kier molecular flexibility index (Phi) is 5.73. The molecule has 6 nitrogen and oxygen atoms in total. The lowest BCUT2D eigenvalue weighted by molar-refractivity contribution is -0.138. The number of hydrogen-bond donors (Lipinski definition) is 1. The summed E-state index contributed by atoms with van der Waals surface area (Å²) in [4.78, 5) is 19.2. The maximum Gasteiger partial charge on any atom is 0.227 e. The molecular weight excluding hydrogens is 330 g/mol. The second kappa shape index (κ2) is 8.19. The van der Waals surface area contributed by atoms with Gasteiger partial charge in [-0.05, 0) is 36.8 Å². The van der Waals surface area contributed by atoms with E-state index in [1.807, 2.05) is 55.3 Å². The van der Waals surface area contributed by atoms with Crippen LogP contribution < -0.4 is 10.1 Å². The number of methoxy groups -OCH3 is 1. The number of amides is 1. The van der Waals surface area contributed by atoms with Crippen molar-refractivity contribution in [1.29, 1.82) is 0 Å². The summed E-state index contributed by atoms with van der Waals surface area (Å²) in [6.45, 7) is 3.59. The smallest absolute Gasteiger partial charge is 0.227 e. The Morgan fingerprint density at radius 2 is 2.23 bits per heavy atom. The molecule has 1 fully saturated rings. The number of pyridine rings is 1. The zero-order chi connectivity index (χ0) is 18.5. The Morgan fingerprint density at radius 3 is 3.00 bits per heavy atom. The molecule has 1 aromatic carbocycles. The van der Waals surface area contributed by atoms with Crippen molar-refractivity contribution in [3.8, 4) is 5.75 Å². The van der Waals surface area contributed by atoms with E-state index in [9.17, 15) is 4.79 Å². The molecular formula is C20H25N3O3. The highest BCUT2D eigenvalue weighted by atomic mass is 16.5. The summed E-state index contributed by atoms with van der Waals surface area (Å²) < 4.78 is 11.1. The standard InChI is InChI=1S/C20H25N3O3/c1-14-9-16(21-2)12-18(22-14)19-13-23(7-8-26-19)20(24)11-15-5-4-6-17(10-15)25-3/h4-6,9-10,12,19H,7-8,11,13H2,1-3H3,(H,21,22). The SMILES string of the molecule is CNc1cc(C)nc(C2CN(C(=O)Cc3cccc(OC)c3)CCO2)c1. The Bertz CT molecular complexity index is 779. The van der Waals surface area contributed by atoms with E-state index in [4.69, 9.17) is 9.47 Å². The number of ether oxygens (including phenoxy) is 2. The number of carbonyl (C=O) groups is 1. The Morgan fingerprint density at radius 1 is 1.38 bits per heavy atom. The van der Waals surface area contributed by atoms with Crippen LogP contribution in [-0.2, 0) is 16.0 Å². The van der Waals surface area contributed by atoms with Gasteiger partial charge >= 0.3 is 0 Å². The Labute approximate surface area is 154 Å². The van der Waals surface area contributed by atoms with E-state index < -0.39 is 0 Å². The highest BCUT2D eigenvalue weighted by molar-refractivity contribution is 5.79. The van der Waals surface area contributed by atoms with E-state index >= 15 is 0 Å². The molecule has 0 aliphatic carbocycles. The maximum absolute atomic E-state index is 12.7. The van der Waals surface area contributed by atoms with E-state index in [0.717, 1.165) is 28.4 Å². The molecule has 3 rings (SSSR count). The molecule has 0 saturated carbocycles. The molecule has 1 saturated heterocycles. The highest BCUT2D eigenvalue weighted by Crippen LogP contribution is 2.24. The van der Waals surface area contributed by atoms with Gasteiger partial charge in [0.15, 0.2) is 0 Å². The van der Waals surface area contributed by atoms with Gasteiger partial charge in [-0.3, -0.25) is 9.78 Å². The molecule has 2 aromatic rings. The third kappa shape index (κ3) is 4.32. The molecule has 2 heterocycles. The van der Waals surface area contributed by atoms with Gasteiger partial charge in [0, 0.05) is 25.0 Å². The predicted octanol–water partition coefficient (Wildman–Crippen LogP) is 2.58. The van der Waals surface area contributed by atoms with Gasteiger partial charge in [0.25, 0.3) is 0 Å². The van der Waals surface area contributed by atoms with Crippen LogP contribution in [0.3, 0.4) is 0 Å². The normalized spacial score (nSPS) is 17.0. The summed E-state index contributed by atoms with van der Waals surface area (Å²) in [5.41, 5.74) is 3.72. The van der Waals surface area contributed by atoms with Gasteiger partial charge in [-0.25, -0.2) is 0 Å². The molecule has 138 valence electrons. The average Bonchev–Trinajstić information content (AvgIpc) is 2.67. The third-order valence-corrected chi connectivity index (χ3v) is 4.50. The molecule has 6 heteroatoms. The van der Waals surface area contributed by atoms with Crippen molar-refractivity contribution in [1.82, 2.24) is 9.88 Å². The Hall–Kier alpha value is -2.60. The second-order valence-electron chi connectivity index (χ2n) is 6.40. The zero-order valence-corrected chi connectivity index (χ0v) is 15.5. The topological polar surface area (TPSA) is 63.7 Å². The van der Waals surface area contributed by atoms with Crippen LogP contribution in [0.4, 0.5) is 5.69 Å². The van der Waals surface area contributed by atoms with Gasteiger partial charge in [0.2, 0.25) is 5.91 Å². The lowest BCUT2D eigenvalue weighted by Crippen LogP contribution is -2.43. The first kappa shape index (κ1) is 18.2. The minimum atomic E-state index is -0.204. The summed E-state index contributed by atoms with van der Waals surface area (Å²) in [7, 11) is 3.51. The van der Waals surface area contributed by atoms with Crippen LogP contribution >= 0.6 is 0 Å². The summed E-state index contributed by atoms with van der Waals surface area (Å²) in [5.74, 6) is 0.853. The largest absolute Gasteiger partial charge is 0.497 e. The maximum atomic E-state index is 12.7. The number of morpholine rings is 1. The van der Waals surface area contributed by atoms with Gasteiger partial charge in [-0.1, -0.05) is 12.1 Å². The van der Waals surface area contributed by atoms with E-state index in [1.54, 1.807) is 7.11 Å². The molecule has 1 aromatic heterocycles. The van der Waals surface area contributed by atoms with Crippen molar-refractivity contribution >= 4 is 11.6 Å². The van der Waals surface area contributed by atoms with Crippen LogP contribution in [0.2, 0.25) is 0 Å². The number of nitrogens with zero attached hydrogens (tertiary/aromatic N) is 2.